The largest absolute Gasteiger partial charge is 0.393 e. The Hall–Kier alpha value is -0.690. The van der Waals surface area contributed by atoms with Crippen LogP contribution in [0.25, 0.3) is 0 Å². The molecule has 19 heavy (non-hydrogen) atoms. The molecule has 1 saturated heterocycles. The third-order valence-corrected chi connectivity index (χ3v) is 3.42. The molecule has 0 aromatic heterocycles. The molecule has 1 amide bonds. The fraction of sp³-hybridized carbons (Fsp3) is 0.923. The quantitative estimate of drug-likeness (QED) is 0.512. The second-order valence-corrected chi connectivity index (χ2v) is 5.72. The zero-order chi connectivity index (χ0) is 14.6. The van der Waals surface area contributed by atoms with Gasteiger partial charge in [0.15, 0.2) is 0 Å². The number of piperidine rings is 1. The molecular weight excluding hydrogens is 248 g/mol. The van der Waals surface area contributed by atoms with Gasteiger partial charge in [-0.25, -0.2) is 0 Å². The molecule has 0 spiro atoms. The second kappa shape index (κ2) is 7.19. The van der Waals surface area contributed by atoms with E-state index < -0.39 is 24.4 Å². The third kappa shape index (κ3) is 5.06. The predicted molar refractivity (Wildman–Crippen MR) is 71.5 cm³/mol. The molecular formula is C13H26N2O4. The highest BCUT2D eigenvalue weighted by molar-refractivity contribution is 5.78. The highest BCUT2D eigenvalue weighted by Crippen LogP contribution is 2.13. The Labute approximate surface area is 114 Å². The lowest BCUT2D eigenvalue weighted by Crippen LogP contribution is -2.61. The monoisotopic (exact) mass is 274 g/mol. The SMILES string of the molecule is CC(C)C(=O)N[C@H]1CN(CC[C@@H](C)O)C[C@@H](O)[C@@H]1O. The zero-order valence-corrected chi connectivity index (χ0v) is 11.9. The van der Waals surface area contributed by atoms with Crippen molar-refractivity contribution in [3.05, 3.63) is 0 Å². The standard InChI is InChI=1S/C13H26N2O4/c1-8(2)13(19)14-10-6-15(5-4-9(3)16)7-11(17)12(10)18/h8-12,16-18H,4-7H2,1-3H3,(H,14,19)/t9-,10+,11-,12-/m1/s1. The van der Waals surface area contributed by atoms with E-state index in [0.717, 1.165) is 0 Å². The number of nitrogens with zero attached hydrogens (tertiary/aromatic N) is 1. The Morgan fingerprint density at radius 2 is 1.95 bits per heavy atom. The number of rotatable bonds is 5. The van der Waals surface area contributed by atoms with E-state index in [-0.39, 0.29) is 11.8 Å². The smallest absolute Gasteiger partial charge is 0.222 e. The number of likely N-dealkylation sites (tertiary alicyclic amines) is 1. The fourth-order valence-electron chi connectivity index (χ4n) is 2.13. The van der Waals surface area contributed by atoms with Crippen LogP contribution in [0.2, 0.25) is 0 Å². The van der Waals surface area contributed by atoms with E-state index in [1.165, 1.54) is 0 Å². The van der Waals surface area contributed by atoms with Crippen LogP contribution in [0.1, 0.15) is 27.2 Å². The topological polar surface area (TPSA) is 93.0 Å². The van der Waals surface area contributed by atoms with Crippen molar-refractivity contribution >= 4 is 5.91 Å². The number of nitrogens with one attached hydrogen (secondary N) is 1. The Kier molecular flexibility index (Phi) is 6.19. The first kappa shape index (κ1) is 16.4. The van der Waals surface area contributed by atoms with Crippen LogP contribution in [-0.2, 0) is 4.79 Å². The predicted octanol–water partition coefficient (Wildman–Crippen LogP) is -1.06. The number of hydrogen-bond acceptors (Lipinski definition) is 5. The highest BCUT2D eigenvalue weighted by atomic mass is 16.3. The molecule has 6 nitrogen and oxygen atoms in total. The minimum atomic E-state index is -0.939. The first-order valence-electron chi connectivity index (χ1n) is 6.88. The van der Waals surface area contributed by atoms with Crippen molar-refractivity contribution in [2.75, 3.05) is 19.6 Å². The lowest BCUT2D eigenvalue weighted by molar-refractivity contribution is -0.128. The maximum atomic E-state index is 11.7. The molecule has 0 bridgehead atoms. The van der Waals surface area contributed by atoms with Crippen LogP contribution in [-0.4, -0.2) is 70.1 Å². The van der Waals surface area contributed by atoms with Gasteiger partial charge in [-0.05, 0) is 13.3 Å². The van der Waals surface area contributed by atoms with Gasteiger partial charge in [0.05, 0.1) is 18.2 Å². The number of aliphatic hydroxyl groups is 3. The van der Waals surface area contributed by atoms with Gasteiger partial charge < -0.3 is 20.6 Å². The number of hydrogen-bond donors (Lipinski definition) is 4. The van der Waals surface area contributed by atoms with Crippen LogP contribution in [0.3, 0.4) is 0 Å². The van der Waals surface area contributed by atoms with E-state index in [2.05, 4.69) is 5.32 Å². The van der Waals surface area contributed by atoms with Gasteiger partial charge in [0.25, 0.3) is 0 Å². The summed E-state index contributed by atoms with van der Waals surface area (Å²) < 4.78 is 0. The van der Waals surface area contributed by atoms with Crippen LogP contribution in [0.5, 0.6) is 0 Å². The molecule has 1 aliphatic heterocycles. The molecule has 0 radical (unpaired) electrons. The molecule has 1 aliphatic rings. The van der Waals surface area contributed by atoms with Gasteiger partial charge in [-0.2, -0.15) is 0 Å². The third-order valence-electron chi connectivity index (χ3n) is 3.42. The van der Waals surface area contributed by atoms with E-state index in [1.54, 1.807) is 20.8 Å². The Bertz CT molecular complexity index is 296. The molecule has 0 saturated carbocycles. The number of carbonyl (C=O) groups excluding carboxylic acids is 1. The van der Waals surface area contributed by atoms with Crippen LogP contribution < -0.4 is 5.32 Å². The normalized spacial score (nSPS) is 30.4. The number of carbonyl (C=O) groups is 1. The first-order valence-corrected chi connectivity index (χ1v) is 6.88. The molecule has 0 aromatic rings. The van der Waals surface area contributed by atoms with E-state index in [0.29, 0.717) is 26.1 Å². The Morgan fingerprint density at radius 1 is 1.32 bits per heavy atom. The number of amides is 1. The summed E-state index contributed by atoms with van der Waals surface area (Å²) in [4.78, 5) is 13.6. The van der Waals surface area contributed by atoms with Crippen LogP contribution in [0, 0.1) is 5.92 Å². The van der Waals surface area contributed by atoms with Crippen LogP contribution in [0.4, 0.5) is 0 Å². The Morgan fingerprint density at radius 3 is 2.47 bits per heavy atom. The molecule has 0 aromatic carbocycles. The van der Waals surface area contributed by atoms with Gasteiger partial charge in [0.1, 0.15) is 6.10 Å². The summed E-state index contributed by atoms with van der Waals surface area (Å²) in [6.07, 6.45) is -1.60. The van der Waals surface area contributed by atoms with E-state index in [9.17, 15) is 20.1 Å². The summed E-state index contributed by atoms with van der Waals surface area (Å²) in [7, 11) is 0. The van der Waals surface area contributed by atoms with Crippen LogP contribution in [0.15, 0.2) is 0 Å². The summed E-state index contributed by atoms with van der Waals surface area (Å²) in [6, 6.07) is -0.465. The summed E-state index contributed by atoms with van der Waals surface area (Å²) in [6.45, 7) is 6.77. The van der Waals surface area contributed by atoms with E-state index in [1.807, 2.05) is 4.90 Å². The average Bonchev–Trinajstić information content (AvgIpc) is 2.32. The average molecular weight is 274 g/mol. The van der Waals surface area contributed by atoms with Crippen molar-refractivity contribution in [1.29, 1.82) is 0 Å². The van der Waals surface area contributed by atoms with Gasteiger partial charge in [-0.15, -0.1) is 0 Å². The van der Waals surface area contributed by atoms with Gasteiger partial charge in [0, 0.05) is 25.6 Å². The van der Waals surface area contributed by atoms with E-state index >= 15 is 0 Å². The molecule has 1 rings (SSSR count). The van der Waals surface area contributed by atoms with Crippen molar-refractivity contribution in [2.45, 2.75) is 51.5 Å². The van der Waals surface area contributed by atoms with Crippen molar-refractivity contribution in [2.24, 2.45) is 5.92 Å². The van der Waals surface area contributed by atoms with Gasteiger partial charge in [-0.3, -0.25) is 9.69 Å². The summed E-state index contributed by atoms with van der Waals surface area (Å²) >= 11 is 0. The van der Waals surface area contributed by atoms with Crippen LogP contribution >= 0.6 is 0 Å². The molecule has 4 N–H and O–H groups in total. The minimum Gasteiger partial charge on any atom is -0.393 e. The van der Waals surface area contributed by atoms with Crippen molar-refractivity contribution in [3.8, 4) is 0 Å². The fourth-order valence-corrected chi connectivity index (χ4v) is 2.13. The molecule has 1 heterocycles. The lowest BCUT2D eigenvalue weighted by atomic mass is 9.98. The minimum absolute atomic E-state index is 0.131. The second-order valence-electron chi connectivity index (χ2n) is 5.72. The molecule has 0 unspecified atom stereocenters. The Balaban J connectivity index is 2.55. The van der Waals surface area contributed by atoms with Crippen molar-refractivity contribution in [3.63, 3.8) is 0 Å². The molecule has 1 fully saturated rings. The van der Waals surface area contributed by atoms with E-state index in [4.69, 9.17) is 0 Å². The van der Waals surface area contributed by atoms with Gasteiger partial charge >= 0.3 is 0 Å². The highest BCUT2D eigenvalue weighted by Gasteiger charge is 2.35. The lowest BCUT2D eigenvalue weighted by Gasteiger charge is -2.40. The maximum Gasteiger partial charge on any atom is 0.222 e. The zero-order valence-electron chi connectivity index (χ0n) is 11.9. The first-order chi connectivity index (χ1) is 8.81. The van der Waals surface area contributed by atoms with Crippen molar-refractivity contribution < 1.29 is 20.1 Å². The summed E-state index contributed by atoms with van der Waals surface area (Å²) in [5.41, 5.74) is 0. The van der Waals surface area contributed by atoms with Crippen molar-refractivity contribution in [1.82, 2.24) is 10.2 Å². The number of β-amino-alcohol motifs (C(OH)–C–C–N with tert-alkyl or cyclic N) is 1. The molecule has 0 aliphatic carbocycles. The maximum absolute atomic E-state index is 11.7. The summed E-state index contributed by atoms with van der Waals surface area (Å²) in [5.74, 6) is -0.286. The van der Waals surface area contributed by atoms with Gasteiger partial charge in [0.2, 0.25) is 5.91 Å². The molecule has 4 atom stereocenters. The molecule has 6 heteroatoms. The van der Waals surface area contributed by atoms with Gasteiger partial charge in [-0.1, -0.05) is 13.8 Å². The number of aliphatic hydroxyl groups excluding tert-OH is 3. The molecule has 112 valence electrons. The summed E-state index contributed by atoms with van der Waals surface area (Å²) in [5, 5.41) is 31.8.